The Hall–Kier alpha value is -3.62. The van der Waals surface area contributed by atoms with E-state index in [0.717, 1.165) is 11.3 Å². The van der Waals surface area contributed by atoms with Crippen molar-refractivity contribution in [3.8, 4) is 5.75 Å². The number of amides is 2. The number of carbonyl (C=O) groups is 3. The number of ether oxygens (including phenoxy) is 1. The third-order valence-electron chi connectivity index (χ3n) is 5.18. The molecule has 0 heterocycles. The van der Waals surface area contributed by atoms with Crippen molar-refractivity contribution in [1.29, 1.82) is 0 Å². The minimum absolute atomic E-state index is 0.184. The van der Waals surface area contributed by atoms with E-state index in [9.17, 15) is 14.4 Å². The van der Waals surface area contributed by atoms with Crippen LogP contribution in [0.4, 0.5) is 11.4 Å². The van der Waals surface area contributed by atoms with Crippen molar-refractivity contribution in [1.82, 2.24) is 0 Å². The molecule has 1 atom stereocenters. The average Bonchev–Trinajstić information content (AvgIpc) is 2.88. The summed E-state index contributed by atoms with van der Waals surface area (Å²) in [6, 6.07) is 20.2. The van der Waals surface area contributed by atoms with Crippen molar-refractivity contribution in [2.45, 2.75) is 18.9 Å². The fourth-order valence-corrected chi connectivity index (χ4v) is 3.41. The summed E-state index contributed by atoms with van der Waals surface area (Å²) in [6.07, 6.45) is 0.772. The molecular formula is C26H27N3O4S. The molecule has 3 aromatic carbocycles. The number of nitrogens with two attached hydrogens (primary N) is 1. The van der Waals surface area contributed by atoms with E-state index in [0.29, 0.717) is 23.4 Å². The molecule has 3 aromatic rings. The Morgan fingerprint density at radius 3 is 2.32 bits per heavy atom. The summed E-state index contributed by atoms with van der Waals surface area (Å²) in [5, 5.41) is 5.52. The highest BCUT2D eigenvalue weighted by Gasteiger charge is 2.18. The molecule has 0 unspecified atom stereocenters. The minimum Gasteiger partial charge on any atom is -0.497 e. The zero-order valence-electron chi connectivity index (χ0n) is 18.8. The standard InChI is InChI=1S/C26H27N3O4S/c1-33-20-11-7-17(8-12-20)9-14-24(30)29-23-13-10-19(28-26(32)22(27)16-34)15-21(23)25(31)18-5-3-2-4-6-18/h2-8,10-13,15,22,34H,9,14,16,27H2,1H3,(H,28,32)(H,29,30)/t22-/m0/s1. The van der Waals surface area contributed by atoms with E-state index in [4.69, 9.17) is 10.5 Å². The number of methoxy groups -OCH3 is 1. The highest BCUT2D eigenvalue weighted by atomic mass is 32.1. The number of rotatable bonds is 10. The van der Waals surface area contributed by atoms with E-state index >= 15 is 0 Å². The third kappa shape index (κ3) is 6.69. The first kappa shape index (κ1) is 25.0. The summed E-state index contributed by atoms with van der Waals surface area (Å²) in [5.41, 5.74) is 8.22. The lowest BCUT2D eigenvalue weighted by molar-refractivity contribution is -0.117. The molecule has 0 fully saturated rings. The second kappa shape index (κ2) is 12.0. The molecule has 0 bridgehead atoms. The number of ketones is 1. The zero-order valence-corrected chi connectivity index (χ0v) is 19.7. The van der Waals surface area contributed by atoms with Crippen molar-refractivity contribution in [2.24, 2.45) is 5.73 Å². The molecule has 176 valence electrons. The van der Waals surface area contributed by atoms with Crippen LogP contribution in [0.5, 0.6) is 5.75 Å². The van der Waals surface area contributed by atoms with Gasteiger partial charge in [0.05, 0.1) is 18.8 Å². The van der Waals surface area contributed by atoms with Crippen LogP contribution < -0.4 is 21.1 Å². The highest BCUT2D eigenvalue weighted by Crippen LogP contribution is 2.24. The van der Waals surface area contributed by atoms with Gasteiger partial charge in [-0.25, -0.2) is 0 Å². The van der Waals surface area contributed by atoms with Crippen LogP contribution in [-0.2, 0) is 16.0 Å². The topological polar surface area (TPSA) is 111 Å². The summed E-state index contributed by atoms with van der Waals surface area (Å²) in [6.45, 7) is 0. The van der Waals surface area contributed by atoms with Crippen LogP contribution >= 0.6 is 12.6 Å². The van der Waals surface area contributed by atoms with Crippen LogP contribution in [0, 0.1) is 0 Å². The second-order valence-electron chi connectivity index (χ2n) is 7.63. The maximum atomic E-state index is 13.2. The molecule has 0 aliphatic heterocycles. The average molecular weight is 478 g/mol. The summed E-state index contributed by atoms with van der Waals surface area (Å²) in [5.74, 6) is 0.0147. The lowest BCUT2D eigenvalue weighted by Crippen LogP contribution is -2.37. The van der Waals surface area contributed by atoms with Gasteiger partial charge in [-0.15, -0.1) is 0 Å². The predicted octanol–water partition coefficient (Wildman–Crippen LogP) is 3.69. The molecule has 3 rings (SSSR count). The van der Waals surface area contributed by atoms with Crippen molar-refractivity contribution >= 4 is 41.6 Å². The molecule has 4 N–H and O–H groups in total. The lowest BCUT2D eigenvalue weighted by Gasteiger charge is -2.15. The SMILES string of the molecule is COc1ccc(CCC(=O)Nc2ccc(NC(=O)[C@@H](N)CS)cc2C(=O)c2ccccc2)cc1. The molecule has 0 aliphatic rings. The number of nitrogens with one attached hydrogen (secondary N) is 2. The summed E-state index contributed by atoms with van der Waals surface area (Å²) in [4.78, 5) is 38.0. The first-order valence-corrected chi connectivity index (χ1v) is 11.4. The number of benzene rings is 3. The number of carbonyl (C=O) groups excluding carboxylic acids is 3. The fraction of sp³-hybridized carbons (Fsp3) is 0.192. The van der Waals surface area contributed by atoms with Crippen LogP contribution in [0.25, 0.3) is 0 Å². The molecule has 0 spiro atoms. The van der Waals surface area contributed by atoms with Gasteiger partial charge in [-0.2, -0.15) is 12.6 Å². The van der Waals surface area contributed by atoms with Crippen LogP contribution in [0.1, 0.15) is 27.9 Å². The molecule has 8 heteroatoms. The van der Waals surface area contributed by atoms with Crippen molar-refractivity contribution < 1.29 is 19.1 Å². The number of hydrogen-bond donors (Lipinski definition) is 4. The van der Waals surface area contributed by atoms with E-state index in [1.807, 2.05) is 30.3 Å². The van der Waals surface area contributed by atoms with Crippen molar-refractivity contribution in [3.63, 3.8) is 0 Å². The molecule has 0 radical (unpaired) electrons. The van der Waals surface area contributed by atoms with Gasteiger partial charge in [-0.05, 0) is 42.3 Å². The summed E-state index contributed by atoms with van der Waals surface area (Å²) >= 11 is 4.04. The van der Waals surface area contributed by atoms with Crippen LogP contribution in [0.2, 0.25) is 0 Å². The van der Waals surface area contributed by atoms with Crippen LogP contribution in [-0.4, -0.2) is 36.5 Å². The smallest absolute Gasteiger partial charge is 0.242 e. The Balaban J connectivity index is 1.79. The number of hydrogen-bond acceptors (Lipinski definition) is 6. The lowest BCUT2D eigenvalue weighted by atomic mass is 10.0. The molecule has 7 nitrogen and oxygen atoms in total. The van der Waals surface area contributed by atoms with Gasteiger partial charge in [0.15, 0.2) is 5.78 Å². The van der Waals surface area contributed by atoms with E-state index < -0.39 is 11.9 Å². The van der Waals surface area contributed by atoms with E-state index in [1.165, 1.54) is 6.07 Å². The maximum absolute atomic E-state index is 13.2. The van der Waals surface area contributed by atoms with Gasteiger partial charge in [0, 0.05) is 29.0 Å². The third-order valence-corrected chi connectivity index (χ3v) is 5.57. The van der Waals surface area contributed by atoms with Gasteiger partial charge in [0.25, 0.3) is 0 Å². The first-order chi connectivity index (χ1) is 16.4. The highest BCUT2D eigenvalue weighted by molar-refractivity contribution is 7.80. The van der Waals surface area contributed by atoms with Crippen LogP contribution in [0.3, 0.4) is 0 Å². The Kier molecular flexibility index (Phi) is 8.84. The van der Waals surface area contributed by atoms with Gasteiger partial charge in [-0.1, -0.05) is 42.5 Å². The van der Waals surface area contributed by atoms with E-state index in [-0.39, 0.29) is 29.4 Å². The Morgan fingerprint density at radius 2 is 1.68 bits per heavy atom. The molecule has 2 amide bonds. The maximum Gasteiger partial charge on any atom is 0.242 e. The van der Waals surface area contributed by atoms with Gasteiger partial charge < -0.3 is 21.1 Å². The normalized spacial score (nSPS) is 11.4. The zero-order chi connectivity index (χ0) is 24.5. The summed E-state index contributed by atoms with van der Waals surface area (Å²) in [7, 11) is 1.60. The van der Waals surface area contributed by atoms with Crippen molar-refractivity contribution in [2.75, 3.05) is 23.5 Å². The van der Waals surface area contributed by atoms with Gasteiger partial charge in [-0.3, -0.25) is 14.4 Å². The van der Waals surface area contributed by atoms with Gasteiger partial charge >= 0.3 is 0 Å². The molecule has 0 saturated carbocycles. The molecule has 0 saturated heterocycles. The number of anilines is 2. The van der Waals surface area contributed by atoms with Gasteiger partial charge in [0.2, 0.25) is 11.8 Å². The molecular weight excluding hydrogens is 450 g/mol. The molecule has 0 aliphatic carbocycles. The van der Waals surface area contributed by atoms with Crippen molar-refractivity contribution in [3.05, 3.63) is 89.5 Å². The number of thiol groups is 1. The minimum atomic E-state index is -0.783. The largest absolute Gasteiger partial charge is 0.497 e. The Labute approximate surface area is 204 Å². The second-order valence-corrected chi connectivity index (χ2v) is 8.00. The fourth-order valence-electron chi connectivity index (χ4n) is 3.24. The molecule has 34 heavy (non-hydrogen) atoms. The first-order valence-electron chi connectivity index (χ1n) is 10.7. The van der Waals surface area contributed by atoms with Gasteiger partial charge in [0.1, 0.15) is 5.75 Å². The van der Waals surface area contributed by atoms with E-state index in [1.54, 1.807) is 43.5 Å². The summed E-state index contributed by atoms with van der Waals surface area (Å²) < 4.78 is 5.15. The Morgan fingerprint density at radius 1 is 0.971 bits per heavy atom. The Bertz CT molecular complexity index is 1150. The quantitative estimate of drug-likeness (QED) is 0.263. The monoisotopic (exact) mass is 477 g/mol. The van der Waals surface area contributed by atoms with Crippen LogP contribution in [0.15, 0.2) is 72.8 Å². The molecule has 0 aromatic heterocycles. The van der Waals surface area contributed by atoms with E-state index in [2.05, 4.69) is 23.3 Å². The number of aryl methyl sites for hydroxylation is 1. The predicted molar refractivity (Wildman–Crippen MR) is 137 cm³/mol.